The van der Waals surface area contributed by atoms with Crippen molar-refractivity contribution in [3.63, 3.8) is 0 Å². The first-order chi connectivity index (χ1) is 7.70. The molecular formula is C13H27N3. The summed E-state index contributed by atoms with van der Waals surface area (Å²) in [6.45, 7) is 7.15. The average molecular weight is 225 g/mol. The van der Waals surface area contributed by atoms with Crippen molar-refractivity contribution in [3.8, 4) is 0 Å². The van der Waals surface area contributed by atoms with Gasteiger partial charge in [0.2, 0.25) is 0 Å². The molecule has 0 bridgehead atoms. The van der Waals surface area contributed by atoms with Crippen molar-refractivity contribution in [2.24, 2.45) is 11.8 Å². The van der Waals surface area contributed by atoms with Gasteiger partial charge in [0.05, 0.1) is 0 Å². The van der Waals surface area contributed by atoms with E-state index in [2.05, 4.69) is 24.2 Å². The Labute approximate surface area is 99.7 Å². The van der Waals surface area contributed by atoms with Crippen molar-refractivity contribution >= 4 is 0 Å². The fourth-order valence-electron chi connectivity index (χ4n) is 3.94. The molecule has 0 aromatic heterocycles. The van der Waals surface area contributed by atoms with Crippen molar-refractivity contribution in [2.75, 3.05) is 13.1 Å². The highest BCUT2D eigenvalue weighted by Crippen LogP contribution is 2.41. The molecule has 3 nitrogen and oxygen atoms in total. The quantitative estimate of drug-likeness (QED) is 0.567. The Morgan fingerprint density at radius 1 is 1.06 bits per heavy atom. The Hall–Kier alpha value is -0.120. The van der Waals surface area contributed by atoms with Gasteiger partial charge >= 0.3 is 0 Å². The molecule has 94 valence electrons. The molecule has 1 unspecified atom stereocenters. The zero-order chi connectivity index (χ0) is 11.6. The minimum absolute atomic E-state index is 0.361. The molecule has 1 atom stereocenters. The van der Waals surface area contributed by atoms with Crippen LogP contribution in [0, 0.1) is 5.92 Å². The fourth-order valence-corrected chi connectivity index (χ4v) is 3.94. The Bertz CT molecular complexity index is 215. The molecule has 0 aromatic carbocycles. The number of nitrogens with one attached hydrogen (secondary N) is 1. The third kappa shape index (κ3) is 2.01. The van der Waals surface area contributed by atoms with E-state index in [1.165, 1.54) is 51.6 Å². The number of hydrazine groups is 1. The minimum Gasteiger partial charge on any atom is -0.296 e. The van der Waals surface area contributed by atoms with Gasteiger partial charge in [-0.2, -0.15) is 0 Å². The number of rotatable bonds is 4. The van der Waals surface area contributed by atoms with Crippen LogP contribution in [0.25, 0.3) is 0 Å². The topological polar surface area (TPSA) is 41.3 Å². The molecule has 2 fully saturated rings. The smallest absolute Gasteiger partial charge is 0.0417 e. The lowest BCUT2D eigenvalue weighted by atomic mass is 9.80. The van der Waals surface area contributed by atoms with Crippen LogP contribution in [0.1, 0.15) is 52.4 Å². The predicted octanol–water partition coefficient (Wildman–Crippen LogP) is 1.88. The van der Waals surface area contributed by atoms with E-state index in [1.54, 1.807) is 0 Å². The molecule has 0 aromatic rings. The molecule has 0 amide bonds. The number of nitrogens with zero attached hydrogens (tertiary/aromatic N) is 1. The molecule has 0 radical (unpaired) electrons. The highest BCUT2D eigenvalue weighted by Gasteiger charge is 2.47. The first kappa shape index (κ1) is 12.3. The Kier molecular flexibility index (Phi) is 3.88. The normalized spacial score (nSPS) is 27.8. The Morgan fingerprint density at radius 2 is 1.62 bits per heavy atom. The summed E-state index contributed by atoms with van der Waals surface area (Å²) in [6.07, 6.45) is 8.16. The van der Waals surface area contributed by atoms with E-state index in [9.17, 15) is 0 Å². The second kappa shape index (κ2) is 5.03. The van der Waals surface area contributed by atoms with Gasteiger partial charge in [-0.15, -0.1) is 0 Å². The molecule has 0 spiro atoms. The molecule has 1 saturated carbocycles. The first-order valence-corrected chi connectivity index (χ1v) is 6.92. The summed E-state index contributed by atoms with van der Waals surface area (Å²) >= 11 is 0. The molecule has 2 rings (SSSR count). The SMILES string of the molecule is CC(C)C(NN)C1(N2CCCC2)CCCC1. The third-order valence-corrected chi connectivity index (χ3v) is 4.63. The maximum Gasteiger partial charge on any atom is 0.0417 e. The van der Waals surface area contributed by atoms with Crippen molar-refractivity contribution in [1.82, 2.24) is 10.3 Å². The lowest BCUT2D eigenvalue weighted by molar-refractivity contribution is 0.0573. The lowest BCUT2D eigenvalue weighted by Gasteiger charge is -2.46. The second-order valence-corrected chi connectivity index (χ2v) is 5.89. The molecule has 1 aliphatic carbocycles. The number of likely N-dealkylation sites (tertiary alicyclic amines) is 1. The fraction of sp³-hybridized carbons (Fsp3) is 1.00. The molecule has 3 N–H and O–H groups in total. The van der Waals surface area contributed by atoms with Gasteiger partial charge in [-0.1, -0.05) is 26.7 Å². The second-order valence-electron chi connectivity index (χ2n) is 5.89. The van der Waals surface area contributed by atoms with Crippen LogP contribution >= 0.6 is 0 Å². The largest absolute Gasteiger partial charge is 0.296 e. The van der Waals surface area contributed by atoms with E-state index in [1.807, 2.05) is 0 Å². The van der Waals surface area contributed by atoms with Gasteiger partial charge < -0.3 is 0 Å². The van der Waals surface area contributed by atoms with Crippen LogP contribution in [0.15, 0.2) is 0 Å². The van der Waals surface area contributed by atoms with Gasteiger partial charge in [-0.3, -0.25) is 16.2 Å². The number of nitrogens with two attached hydrogens (primary N) is 1. The van der Waals surface area contributed by atoms with Crippen LogP contribution < -0.4 is 11.3 Å². The van der Waals surface area contributed by atoms with Crippen molar-refractivity contribution in [1.29, 1.82) is 0 Å². The predicted molar refractivity (Wildman–Crippen MR) is 68.0 cm³/mol. The standard InChI is InChI=1S/C13H27N3/c1-11(2)12(15-14)13(7-3-4-8-13)16-9-5-6-10-16/h11-12,15H,3-10,14H2,1-2H3. The average Bonchev–Trinajstić information content (AvgIpc) is 2.88. The zero-order valence-electron chi connectivity index (χ0n) is 10.8. The van der Waals surface area contributed by atoms with Crippen LogP contribution in [0.4, 0.5) is 0 Å². The van der Waals surface area contributed by atoms with Crippen LogP contribution in [0.2, 0.25) is 0 Å². The molecular weight excluding hydrogens is 198 g/mol. The summed E-state index contributed by atoms with van der Waals surface area (Å²) in [5, 5.41) is 0. The van der Waals surface area contributed by atoms with Gasteiger partial charge in [0.25, 0.3) is 0 Å². The summed E-state index contributed by atoms with van der Waals surface area (Å²) in [5.41, 5.74) is 3.48. The molecule has 1 aliphatic heterocycles. The van der Waals surface area contributed by atoms with Gasteiger partial charge in [0.15, 0.2) is 0 Å². The van der Waals surface area contributed by atoms with Crippen molar-refractivity contribution in [2.45, 2.75) is 64.0 Å². The summed E-state index contributed by atoms with van der Waals surface area (Å²) in [7, 11) is 0. The van der Waals surface area contributed by atoms with E-state index in [-0.39, 0.29) is 0 Å². The highest BCUT2D eigenvalue weighted by molar-refractivity contribution is 5.05. The maximum absolute atomic E-state index is 5.83. The molecule has 3 heteroatoms. The Morgan fingerprint density at radius 3 is 2.06 bits per heavy atom. The lowest BCUT2D eigenvalue weighted by Crippen LogP contribution is -2.62. The summed E-state index contributed by atoms with van der Waals surface area (Å²) in [5.74, 6) is 6.44. The van der Waals surface area contributed by atoms with Crippen molar-refractivity contribution < 1.29 is 0 Å². The maximum atomic E-state index is 5.83. The Balaban J connectivity index is 2.19. The summed E-state index contributed by atoms with van der Waals surface area (Å²) in [4.78, 5) is 2.73. The minimum atomic E-state index is 0.361. The molecule has 16 heavy (non-hydrogen) atoms. The highest BCUT2D eigenvalue weighted by atomic mass is 15.3. The van der Waals surface area contributed by atoms with Crippen molar-refractivity contribution in [3.05, 3.63) is 0 Å². The van der Waals surface area contributed by atoms with Crippen LogP contribution in [0.3, 0.4) is 0 Å². The monoisotopic (exact) mass is 225 g/mol. The molecule has 1 heterocycles. The van der Waals surface area contributed by atoms with Gasteiger partial charge in [0.1, 0.15) is 0 Å². The zero-order valence-corrected chi connectivity index (χ0v) is 10.8. The van der Waals surface area contributed by atoms with Gasteiger partial charge in [-0.25, -0.2) is 0 Å². The number of hydrogen-bond donors (Lipinski definition) is 2. The van der Waals surface area contributed by atoms with E-state index in [0.29, 0.717) is 17.5 Å². The van der Waals surface area contributed by atoms with E-state index < -0.39 is 0 Å². The summed E-state index contributed by atoms with van der Waals surface area (Å²) < 4.78 is 0. The molecule has 2 aliphatic rings. The van der Waals surface area contributed by atoms with Gasteiger partial charge in [0, 0.05) is 11.6 Å². The van der Waals surface area contributed by atoms with Crippen LogP contribution in [0.5, 0.6) is 0 Å². The van der Waals surface area contributed by atoms with E-state index in [4.69, 9.17) is 5.84 Å². The van der Waals surface area contributed by atoms with Gasteiger partial charge in [-0.05, 0) is 44.7 Å². The van der Waals surface area contributed by atoms with E-state index in [0.717, 1.165) is 0 Å². The van der Waals surface area contributed by atoms with Crippen LogP contribution in [-0.2, 0) is 0 Å². The van der Waals surface area contributed by atoms with Crippen LogP contribution in [-0.4, -0.2) is 29.6 Å². The van der Waals surface area contributed by atoms with E-state index >= 15 is 0 Å². The molecule has 1 saturated heterocycles. The third-order valence-electron chi connectivity index (χ3n) is 4.63. The number of hydrogen-bond acceptors (Lipinski definition) is 3. The first-order valence-electron chi connectivity index (χ1n) is 6.92. The summed E-state index contributed by atoms with van der Waals surface area (Å²) in [6, 6.07) is 0.452.